The summed E-state index contributed by atoms with van der Waals surface area (Å²) in [5.41, 5.74) is 1.54. The first-order valence-electron chi connectivity index (χ1n) is 6.60. The van der Waals surface area contributed by atoms with Crippen molar-refractivity contribution in [1.82, 2.24) is 10.3 Å². The molecule has 2 rings (SSSR count). The van der Waals surface area contributed by atoms with Crippen LogP contribution in [0.1, 0.15) is 25.0 Å². The van der Waals surface area contributed by atoms with Gasteiger partial charge < -0.3 is 10.2 Å². The average Bonchev–Trinajstić information content (AvgIpc) is 2.45. The Morgan fingerprint density at radius 2 is 2.28 bits per heavy atom. The predicted molar refractivity (Wildman–Crippen MR) is 72.4 cm³/mol. The summed E-state index contributed by atoms with van der Waals surface area (Å²) in [6.07, 6.45) is 5.35. The number of rotatable bonds is 4. The number of hydrogen-bond acceptors (Lipinski definition) is 4. The molecule has 1 saturated heterocycles. The average molecular weight is 244 g/mol. The van der Waals surface area contributed by atoms with Crippen molar-refractivity contribution < 1.29 is 0 Å². The topological polar surface area (TPSA) is 52.0 Å². The number of aromatic nitrogens is 1. The number of nitriles is 1. The number of pyridine rings is 1. The van der Waals surface area contributed by atoms with Crippen molar-refractivity contribution in [3.05, 3.63) is 24.0 Å². The van der Waals surface area contributed by atoms with Gasteiger partial charge in [0.05, 0.1) is 5.69 Å². The molecule has 0 atom stereocenters. The Hall–Kier alpha value is -1.60. The van der Waals surface area contributed by atoms with Crippen LogP contribution in [0, 0.1) is 17.2 Å². The second kappa shape index (κ2) is 6.36. The molecule has 0 amide bonds. The van der Waals surface area contributed by atoms with Crippen molar-refractivity contribution in [1.29, 1.82) is 5.26 Å². The van der Waals surface area contributed by atoms with E-state index in [-0.39, 0.29) is 0 Å². The Bertz CT molecular complexity index is 416. The minimum Gasteiger partial charge on any atom is -0.369 e. The maximum Gasteiger partial charge on any atom is 0.163 e. The molecule has 1 aliphatic rings. The summed E-state index contributed by atoms with van der Waals surface area (Å²) < 4.78 is 0. The third-order valence-electron chi connectivity index (χ3n) is 3.65. The van der Waals surface area contributed by atoms with Crippen molar-refractivity contribution in [3.63, 3.8) is 0 Å². The minimum atomic E-state index is 0.547. The van der Waals surface area contributed by atoms with E-state index >= 15 is 0 Å². The molecule has 1 N–H and O–H groups in total. The molecule has 0 saturated carbocycles. The maximum atomic E-state index is 9.07. The van der Waals surface area contributed by atoms with E-state index < -0.39 is 0 Å². The van der Waals surface area contributed by atoms with Crippen molar-refractivity contribution in [2.75, 3.05) is 31.6 Å². The van der Waals surface area contributed by atoms with Gasteiger partial charge in [-0.3, -0.25) is 0 Å². The lowest BCUT2D eigenvalue weighted by atomic mass is 9.93. The molecule has 0 aliphatic carbocycles. The molecule has 4 nitrogen and oxygen atoms in total. The summed E-state index contributed by atoms with van der Waals surface area (Å²) in [5, 5.41) is 12.3. The molecular formula is C14H20N4. The largest absolute Gasteiger partial charge is 0.369 e. The lowest BCUT2D eigenvalue weighted by Crippen LogP contribution is -2.35. The summed E-state index contributed by atoms with van der Waals surface area (Å²) >= 11 is 0. The highest BCUT2D eigenvalue weighted by Crippen LogP contribution is 2.26. The number of piperidine rings is 1. The molecule has 1 aliphatic heterocycles. The lowest BCUT2D eigenvalue weighted by molar-refractivity contribution is 0.378. The van der Waals surface area contributed by atoms with E-state index in [0.29, 0.717) is 5.69 Å². The van der Waals surface area contributed by atoms with Crippen LogP contribution in [0.2, 0.25) is 0 Å². The second-order valence-corrected chi connectivity index (χ2v) is 4.81. The molecule has 4 heteroatoms. The van der Waals surface area contributed by atoms with E-state index in [2.05, 4.69) is 21.3 Å². The van der Waals surface area contributed by atoms with Gasteiger partial charge in [0.1, 0.15) is 6.07 Å². The molecule has 1 aromatic rings. The molecule has 0 radical (unpaired) electrons. The molecule has 2 heterocycles. The predicted octanol–water partition coefficient (Wildman–Crippen LogP) is 1.78. The molecule has 1 fully saturated rings. The van der Waals surface area contributed by atoms with Crippen LogP contribution in [-0.2, 0) is 0 Å². The quantitative estimate of drug-likeness (QED) is 0.877. The van der Waals surface area contributed by atoms with Gasteiger partial charge in [0.15, 0.2) is 5.69 Å². The van der Waals surface area contributed by atoms with Crippen LogP contribution in [0.5, 0.6) is 0 Å². The van der Waals surface area contributed by atoms with Crippen LogP contribution in [0.15, 0.2) is 18.3 Å². The zero-order valence-corrected chi connectivity index (χ0v) is 10.9. The summed E-state index contributed by atoms with van der Waals surface area (Å²) in [6.45, 7) is 3.17. The summed E-state index contributed by atoms with van der Waals surface area (Å²) in [7, 11) is 2.00. The lowest BCUT2D eigenvalue weighted by Gasteiger charge is -2.33. The summed E-state index contributed by atoms with van der Waals surface area (Å²) in [6, 6.07) is 6.08. The Morgan fingerprint density at radius 3 is 2.94 bits per heavy atom. The number of anilines is 1. The van der Waals surface area contributed by atoms with Crippen LogP contribution in [-0.4, -0.2) is 31.7 Å². The van der Waals surface area contributed by atoms with E-state index in [9.17, 15) is 0 Å². The smallest absolute Gasteiger partial charge is 0.163 e. The monoisotopic (exact) mass is 244 g/mol. The van der Waals surface area contributed by atoms with Crippen LogP contribution >= 0.6 is 0 Å². The van der Waals surface area contributed by atoms with Gasteiger partial charge >= 0.3 is 0 Å². The molecule has 0 spiro atoms. The fraction of sp³-hybridized carbons (Fsp3) is 0.571. The molecule has 0 unspecified atom stereocenters. The highest BCUT2D eigenvalue weighted by Gasteiger charge is 2.20. The minimum absolute atomic E-state index is 0.547. The Labute approximate surface area is 109 Å². The van der Waals surface area contributed by atoms with Crippen molar-refractivity contribution in [3.8, 4) is 6.07 Å². The van der Waals surface area contributed by atoms with Crippen LogP contribution in [0.4, 0.5) is 5.69 Å². The van der Waals surface area contributed by atoms with Crippen LogP contribution < -0.4 is 10.2 Å². The van der Waals surface area contributed by atoms with Gasteiger partial charge in [0, 0.05) is 19.3 Å². The Kier molecular flexibility index (Phi) is 4.54. The van der Waals surface area contributed by atoms with Gasteiger partial charge in [-0.1, -0.05) is 0 Å². The van der Waals surface area contributed by atoms with Gasteiger partial charge in [-0.2, -0.15) is 5.26 Å². The molecule has 1 aromatic heterocycles. The first-order valence-corrected chi connectivity index (χ1v) is 6.60. The van der Waals surface area contributed by atoms with Gasteiger partial charge in [-0.25, -0.2) is 4.98 Å². The number of nitrogens with one attached hydrogen (secondary N) is 1. The molecular weight excluding hydrogens is 224 g/mol. The second-order valence-electron chi connectivity index (χ2n) is 4.81. The summed E-state index contributed by atoms with van der Waals surface area (Å²) in [5.74, 6) is 0.816. The van der Waals surface area contributed by atoms with E-state index in [0.717, 1.165) is 31.2 Å². The highest BCUT2D eigenvalue weighted by atomic mass is 15.1. The molecule has 96 valence electrons. The van der Waals surface area contributed by atoms with E-state index in [1.807, 2.05) is 19.2 Å². The van der Waals surface area contributed by atoms with Gasteiger partial charge in [0.25, 0.3) is 0 Å². The van der Waals surface area contributed by atoms with Crippen LogP contribution in [0.3, 0.4) is 0 Å². The SMILES string of the molecule is CNCCC1CCN(c2cccnc2C#N)CC1. The normalized spacial score (nSPS) is 16.6. The fourth-order valence-corrected chi connectivity index (χ4v) is 2.55. The third-order valence-corrected chi connectivity index (χ3v) is 3.65. The maximum absolute atomic E-state index is 9.07. The highest BCUT2D eigenvalue weighted by molar-refractivity contribution is 5.55. The summed E-state index contributed by atoms with van der Waals surface area (Å²) in [4.78, 5) is 6.42. The van der Waals surface area contributed by atoms with E-state index in [1.54, 1.807) is 6.20 Å². The van der Waals surface area contributed by atoms with E-state index in [1.165, 1.54) is 19.3 Å². The fourth-order valence-electron chi connectivity index (χ4n) is 2.55. The first-order chi connectivity index (χ1) is 8.85. The number of hydrogen-bond donors (Lipinski definition) is 1. The third kappa shape index (κ3) is 2.99. The number of nitrogens with zero attached hydrogens (tertiary/aromatic N) is 3. The van der Waals surface area contributed by atoms with Crippen molar-refractivity contribution in [2.45, 2.75) is 19.3 Å². The standard InChI is InChI=1S/C14H20N4/c1-16-8-4-12-5-9-18(10-6-12)14-3-2-7-17-13(14)11-15/h2-3,7,12,16H,4-6,8-10H2,1H3. The van der Waals surface area contributed by atoms with Gasteiger partial charge in [0.2, 0.25) is 0 Å². The first kappa shape index (κ1) is 12.8. The van der Waals surface area contributed by atoms with Gasteiger partial charge in [-0.05, 0) is 50.9 Å². The Balaban J connectivity index is 1.95. The van der Waals surface area contributed by atoms with Crippen molar-refractivity contribution >= 4 is 5.69 Å². The van der Waals surface area contributed by atoms with Crippen molar-refractivity contribution in [2.24, 2.45) is 5.92 Å². The zero-order valence-electron chi connectivity index (χ0n) is 10.9. The Morgan fingerprint density at radius 1 is 1.50 bits per heavy atom. The molecule has 0 bridgehead atoms. The van der Waals surface area contributed by atoms with E-state index in [4.69, 9.17) is 5.26 Å². The molecule has 0 aromatic carbocycles. The van der Waals surface area contributed by atoms with Crippen LogP contribution in [0.25, 0.3) is 0 Å². The zero-order chi connectivity index (χ0) is 12.8. The molecule has 18 heavy (non-hydrogen) atoms. The van der Waals surface area contributed by atoms with Gasteiger partial charge in [-0.15, -0.1) is 0 Å².